The molecule has 0 aliphatic heterocycles. The van der Waals surface area contributed by atoms with Gasteiger partial charge in [0.15, 0.2) is 5.69 Å². The average Bonchev–Trinajstić information content (AvgIpc) is 2.90. The van der Waals surface area contributed by atoms with E-state index in [4.69, 9.17) is 9.63 Å². The molecule has 0 fully saturated rings. The predicted molar refractivity (Wildman–Crippen MR) is 76.2 cm³/mol. The van der Waals surface area contributed by atoms with Gasteiger partial charge in [-0.3, -0.25) is 9.59 Å². The van der Waals surface area contributed by atoms with Gasteiger partial charge in [-0.15, -0.1) is 0 Å². The predicted octanol–water partition coefficient (Wildman–Crippen LogP) is 2.49. The van der Waals surface area contributed by atoms with Crippen molar-refractivity contribution >= 4 is 17.6 Å². The first-order chi connectivity index (χ1) is 10.1. The summed E-state index contributed by atoms with van der Waals surface area (Å²) < 4.78 is 4.92. The Hall–Kier alpha value is -2.63. The van der Waals surface area contributed by atoms with E-state index in [0.29, 0.717) is 24.4 Å². The molecule has 1 aromatic carbocycles. The maximum Gasteiger partial charge on any atom is 0.303 e. The molecule has 110 valence electrons. The molecule has 2 rings (SSSR count). The van der Waals surface area contributed by atoms with Crippen molar-refractivity contribution in [1.29, 1.82) is 0 Å². The topological polar surface area (TPSA) is 83.6 Å². The molecule has 0 saturated carbocycles. The van der Waals surface area contributed by atoms with Gasteiger partial charge in [0, 0.05) is 24.7 Å². The highest BCUT2D eigenvalue weighted by Crippen LogP contribution is 2.17. The number of aromatic nitrogens is 1. The lowest BCUT2D eigenvalue weighted by Gasteiger charge is -2.21. The first-order valence-corrected chi connectivity index (χ1v) is 6.60. The van der Waals surface area contributed by atoms with Crippen LogP contribution in [0, 0.1) is 6.92 Å². The highest BCUT2D eigenvalue weighted by atomic mass is 16.5. The first-order valence-electron chi connectivity index (χ1n) is 6.60. The maximum atomic E-state index is 12.5. The van der Waals surface area contributed by atoms with Gasteiger partial charge in [-0.2, -0.15) is 0 Å². The Morgan fingerprint density at radius 2 is 2.00 bits per heavy atom. The smallest absolute Gasteiger partial charge is 0.303 e. The Balaban J connectivity index is 2.19. The van der Waals surface area contributed by atoms with Crippen LogP contribution in [0.25, 0.3) is 0 Å². The third-order valence-electron chi connectivity index (χ3n) is 2.93. The highest BCUT2D eigenvalue weighted by molar-refractivity contribution is 6.04. The van der Waals surface area contributed by atoms with Crippen molar-refractivity contribution in [2.45, 2.75) is 19.8 Å². The summed E-state index contributed by atoms with van der Waals surface area (Å²) in [5, 5.41) is 12.4. The fourth-order valence-electron chi connectivity index (χ4n) is 1.95. The lowest BCUT2D eigenvalue weighted by molar-refractivity contribution is -0.137. The molecule has 0 aliphatic carbocycles. The van der Waals surface area contributed by atoms with E-state index in [1.54, 1.807) is 25.1 Å². The number of carboxylic acid groups (broad SMARTS) is 1. The standard InChI is InChI=1S/C15H16N2O4/c1-11-10-13(16-21-11)15(20)17(9-5-8-14(18)19)12-6-3-2-4-7-12/h2-4,6-7,10H,5,8-9H2,1H3,(H,18,19). The van der Waals surface area contributed by atoms with Crippen LogP contribution in [0.4, 0.5) is 5.69 Å². The van der Waals surface area contributed by atoms with Gasteiger partial charge in [0.1, 0.15) is 5.76 Å². The monoisotopic (exact) mass is 288 g/mol. The Bertz CT molecular complexity index is 622. The number of anilines is 1. The minimum absolute atomic E-state index is 0.00839. The molecule has 0 radical (unpaired) electrons. The number of carbonyl (C=O) groups excluding carboxylic acids is 1. The highest BCUT2D eigenvalue weighted by Gasteiger charge is 2.20. The van der Waals surface area contributed by atoms with E-state index >= 15 is 0 Å². The van der Waals surface area contributed by atoms with Gasteiger partial charge in [0.25, 0.3) is 5.91 Å². The van der Waals surface area contributed by atoms with E-state index in [0.717, 1.165) is 0 Å². The van der Waals surface area contributed by atoms with Crippen LogP contribution in [0.1, 0.15) is 29.1 Å². The number of amides is 1. The van der Waals surface area contributed by atoms with Crippen molar-refractivity contribution in [3.63, 3.8) is 0 Å². The Morgan fingerprint density at radius 3 is 2.57 bits per heavy atom. The van der Waals surface area contributed by atoms with Gasteiger partial charge >= 0.3 is 5.97 Å². The van der Waals surface area contributed by atoms with E-state index in [2.05, 4.69) is 5.16 Å². The number of para-hydroxylation sites is 1. The Labute approximate surface area is 122 Å². The summed E-state index contributed by atoms with van der Waals surface area (Å²) in [7, 11) is 0. The molecule has 21 heavy (non-hydrogen) atoms. The molecule has 0 unspecified atom stereocenters. The summed E-state index contributed by atoms with van der Waals surface area (Å²) in [6.07, 6.45) is 0.376. The fourth-order valence-corrected chi connectivity index (χ4v) is 1.95. The quantitative estimate of drug-likeness (QED) is 0.882. The summed E-state index contributed by atoms with van der Waals surface area (Å²) in [4.78, 5) is 24.6. The van der Waals surface area contributed by atoms with Gasteiger partial charge in [-0.25, -0.2) is 0 Å². The number of rotatable bonds is 6. The SMILES string of the molecule is Cc1cc(C(=O)N(CCCC(=O)O)c2ccccc2)no1. The molecule has 1 amide bonds. The maximum absolute atomic E-state index is 12.5. The summed E-state index contributed by atoms with van der Waals surface area (Å²) in [5.74, 6) is -0.631. The van der Waals surface area contributed by atoms with Gasteiger partial charge in [-0.1, -0.05) is 23.4 Å². The third kappa shape index (κ3) is 3.92. The number of carbonyl (C=O) groups is 2. The zero-order chi connectivity index (χ0) is 15.2. The largest absolute Gasteiger partial charge is 0.481 e. The Kier molecular flexibility index (Phi) is 4.71. The molecule has 0 bridgehead atoms. The summed E-state index contributed by atoms with van der Waals surface area (Å²) in [6, 6.07) is 10.7. The number of hydrogen-bond acceptors (Lipinski definition) is 4. The zero-order valence-electron chi connectivity index (χ0n) is 11.7. The van der Waals surface area contributed by atoms with Crippen LogP contribution in [-0.4, -0.2) is 28.7 Å². The van der Waals surface area contributed by atoms with Crippen LogP contribution >= 0.6 is 0 Å². The Morgan fingerprint density at radius 1 is 1.29 bits per heavy atom. The molecule has 1 heterocycles. The molecule has 0 spiro atoms. The van der Waals surface area contributed by atoms with Crippen molar-refractivity contribution in [3.8, 4) is 0 Å². The average molecular weight is 288 g/mol. The van der Waals surface area contributed by atoms with E-state index in [1.165, 1.54) is 4.90 Å². The van der Waals surface area contributed by atoms with E-state index in [-0.39, 0.29) is 18.0 Å². The van der Waals surface area contributed by atoms with Gasteiger partial charge in [0.2, 0.25) is 0 Å². The second-order valence-electron chi connectivity index (χ2n) is 4.61. The van der Waals surface area contributed by atoms with Gasteiger partial charge in [0.05, 0.1) is 0 Å². The van der Waals surface area contributed by atoms with Crippen LogP contribution < -0.4 is 4.90 Å². The number of aliphatic carboxylic acids is 1. The van der Waals surface area contributed by atoms with E-state index in [1.807, 2.05) is 18.2 Å². The molecule has 6 nitrogen and oxygen atoms in total. The molecule has 2 aromatic rings. The number of hydrogen-bond donors (Lipinski definition) is 1. The summed E-state index contributed by atoms with van der Waals surface area (Å²) >= 11 is 0. The van der Waals surface area contributed by atoms with E-state index in [9.17, 15) is 9.59 Å². The number of benzene rings is 1. The van der Waals surface area contributed by atoms with Crippen molar-refractivity contribution < 1.29 is 19.2 Å². The number of aryl methyl sites for hydroxylation is 1. The number of nitrogens with zero attached hydrogens (tertiary/aromatic N) is 2. The molecule has 0 aliphatic rings. The van der Waals surface area contributed by atoms with Gasteiger partial charge < -0.3 is 14.5 Å². The van der Waals surface area contributed by atoms with Crippen LogP contribution in [0.15, 0.2) is 40.9 Å². The summed E-state index contributed by atoms with van der Waals surface area (Å²) in [6.45, 7) is 2.02. The van der Waals surface area contributed by atoms with Crippen LogP contribution in [0.5, 0.6) is 0 Å². The summed E-state index contributed by atoms with van der Waals surface area (Å²) in [5.41, 5.74) is 0.917. The lowest BCUT2D eigenvalue weighted by Crippen LogP contribution is -2.32. The van der Waals surface area contributed by atoms with Crippen molar-refractivity contribution in [3.05, 3.63) is 47.9 Å². The van der Waals surface area contributed by atoms with Crippen molar-refractivity contribution in [2.24, 2.45) is 0 Å². The fraction of sp³-hybridized carbons (Fsp3) is 0.267. The van der Waals surface area contributed by atoms with Gasteiger partial charge in [-0.05, 0) is 25.5 Å². The molecule has 6 heteroatoms. The van der Waals surface area contributed by atoms with Crippen molar-refractivity contribution in [2.75, 3.05) is 11.4 Å². The van der Waals surface area contributed by atoms with Crippen LogP contribution in [0.3, 0.4) is 0 Å². The molecule has 1 aromatic heterocycles. The minimum atomic E-state index is -0.882. The molecule has 0 atom stereocenters. The second kappa shape index (κ2) is 6.69. The molecule has 0 saturated heterocycles. The molecular weight excluding hydrogens is 272 g/mol. The van der Waals surface area contributed by atoms with Crippen LogP contribution in [-0.2, 0) is 4.79 Å². The second-order valence-corrected chi connectivity index (χ2v) is 4.61. The zero-order valence-corrected chi connectivity index (χ0v) is 11.7. The number of carboxylic acids is 1. The molecule has 1 N–H and O–H groups in total. The minimum Gasteiger partial charge on any atom is -0.481 e. The van der Waals surface area contributed by atoms with Crippen LogP contribution in [0.2, 0.25) is 0 Å². The normalized spacial score (nSPS) is 10.3. The molecular formula is C15H16N2O4. The third-order valence-corrected chi connectivity index (χ3v) is 2.93. The van der Waals surface area contributed by atoms with Crippen molar-refractivity contribution in [1.82, 2.24) is 5.16 Å². The first kappa shape index (κ1) is 14.8. The lowest BCUT2D eigenvalue weighted by atomic mass is 10.2. The van der Waals surface area contributed by atoms with E-state index < -0.39 is 5.97 Å².